The Morgan fingerprint density at radius 2 is 2.05 bits per heavy atom. The van der Waals surface area contributed by atoms with Gasteiger partial charge in [0, 0.05) is 13.1 Å². The number of anilines is 1. The van der Waals surface area contributed by atoms with Crippen molar-refractivity contribution in [3.63, 3.8) is 0 Å². The molecular weight excluding hydrogens is 294 g/mol. The number of carboxylic acid groups (broad SMARTS) is 1. The fourth-order valence-electron chi connectivity index (χ4n) is 2.41. The minimum Gasteiger partial charge on any atom is -0.478 e. The van der Waals surface area contributed by atoms with Crippen molar-refractivity contribution in [2.24, 2.45) is 0 Å². The van der Waals surface area contributed by atoms with Crippen LogP contribution in [-0.4, -0.2) is 48.2 Å². The first-order chi connectivity index (χ1) is 10.0. The Balaban J connectivity index is 2.12. The summed E-state index contributed by atoms with van der Waals surface area (Å²) in [6, 6.07) is 4.45. The number of benzene rings is 1. The quantitative estimate of drug-likeness (QED) is 0.799. The smallest absolute Gasteiger partial charge is 0.339 e. The Bertz CT molecular complexity index is 544. The molecule has 0 saturated carbocycles. The molecule has 1 saturated heterocycles. The summed E-state index contributed by atoms with van der Waals surface area (Å²) >= 11 is 5.88. The number of piperidine rings is 1. The number of rotatable bonds is 3. The molecule has 1 aliphatic heterocycles. The van der Waals surface area contributed by atoms with Crippen LogP contribution >= 0.6 is 11.6 Å². The zero-order valence-corrected chi connectivity index (χ0v) is 12.5. The van der Waals surface area contributed by atoms with Gasteiger partial charge in [-0.05, 0) is 38.1 Å². The highest BCUT2D eigenvalue weighted by Gasteiger charge is 2.23. The van der Waals surface area contributed by atoms with Crippen LogP contribution in [0.4, 0.5) is 10.5 Å². The molecule has 0 spiro atoms. The molecule has 1 heterocycles. The summed E-state index contributed by atoms with van der Waals surface area (Å²) in [6.07, 6.45) is 1.76. The molecule has 0 bridgehead atoms. The number of carbonyl (C=O) groups is 2. The minimum absolute atomic E-state index is 0.0915. The van der Waals surface area contributed by atoms with Crippen LogP contribution in [0, 0.1) is 0 Å². The van der Waals surface area contributed by atoms with Crippen molar-refractivity contribution in [2.75, 3.05) is 25.5 Å². The molecule has 0 atom stereocenters. The molecule has 6 nitrogen and oxygen atoms in total. The van der Waals surface area contributed by atoms with E-state index < -0.39 is 5.97 Å². The van der Waals surface area contributed by atoms with Crippen LogP contribution in [-0.2, 0) is 0 Å². The van der Waals surface area contributed by atoms with E-state index in [1.807, 2.05) is 0 Å². The molecule has 1 aromatic carbocycles. The van der Waals surface area contributed by atoms with E-state index in [1.54, 1.807) is 18.0 Å². The van der Waals surface area contributed by atoms with E-state index in [9.17, 15) is 14.7 Å². The number of hydrogen-bond acceptors (Lipinski definition) is 3. The third-order valence-corrected chi connectivity index (χ3v) is 3.96. The molecule has 3 N–H and O–H groups in total. The fourth-order valence-corrected chi connectivity index (χ4v) is 2.66. The van der Waals surface area contributed by atoms with Gasteiger partial charge in [0.2, 0.25) is 0 Å². The number of nitrogens with one attached hydrogen (secondary N) is 2. The van der Waals surface area contributed by atoms with E-state index in [0.717, 1.165) is 25.9 Å². The molecule has 2 amide bonds. The molecule has 1 aromatic rings. The Kier molecular flexibility index (Phi) is 5.03. The standard InChI is InChI=1S/C14H18ClN3O3/c1-18(9-5-7-16-8-6-9)14(21)17-11-4-2-3-10(15)12(11)13(19)20/h2-4,9,16H,5-8H2,1H3,(H,17,21)(H,19,20). The average Bonchev–Trinajstić information content (AvgIpc) is 2.47. The summed E-state index contributed by atoms with van der Waals surface area (Å²) in [6.45, 7) is 1.75. The second kappa shape index (κ2) is 6.78. The van der Waals surface area contributed by atoms with Gasteiger partial charge in [0.15, 0.2) is 0 Å². The second-order valence-electron chi connectivity index (χ2n) is 4.99. The Morgan fingerprint density at radius 1 is 1.38 bits per heavy atom. The molecule has 21 heavy (non-hydrogen) atoms. The van der Waals surface area contributed by atoms with Crippen LogP contribution in [0.5, 0.6) is 0 Å². The molecule has 0 aromatic heterocycles. The van der Waals surface area contributed by atoms with E-state index >= 15 is 0 Å². The Morgan fingerprint density at radius 3 is 2.67 bits per heavy atom. The number of nitrogens with zero attached hydrogens (tertiary/aromatic N) is 1. The normalized spacial score (nSPS) is 15.5. The Labute approximate surface area is 128 Å². The van der Waals surface area contributed by atoms with Gasteiger partial charge >= 0.3 is 12.0 Å². The summed E-state index contributed by atoms with van der Waals surface area (Å²) in [5, 5.41) is 15.2. The van der Waals surface area contributed by atoms with Gasteiger partial charge in [-0.15, -0.1) is 0 Å². The summed E-state index contributed by atoms with van der Waals surface area (Å²) in [5.41, 5.74) is 0.118. The SMILES string of the molecule is CN(C(=O)Nc1cccc(Cl)c1C(=O)O)C1CCNCC1. The second-order valence-corrected chi connectivity index (χ2v) is 5.40. The topological polar surface area (TPSA) is 81.7 Å². The van der Waals surface area contributed by atoms with Crippen LogP contribution in [0.3, 0.4) is 0 Å². The number of aromatic carboxylic acids is 1. The zero-order valence-electron chi connectivity index (χ0n) is 11.7. The van der Waals surface area contributed by atoms with Gasteiger partial charge in [-0.2, -0.15) is 0 Å². The van der Waals surface area contributed by atoms with E-state index in [0.29, 0.717) is 0 Å². The van der Waals surface area contributed by atoms with E-state index in [4.69, 9.17) is 11.6 Å². The number of amides is 2. The fraction of sp³-hybridized carbons (Fsp3) is 0.429. The Hall–Kier alpha value is -1.79. The van der Waals surface area contributed by atoms with Gasteiger partial charge in [-0.1, -0.05) is 17.7 Å². The minimum atomic E-state index is -1.17. The zero-order chi connectivity index (χ0) is 15.4. The number of halogens is 1. The van der Waals surface area contributed by atoms with Crippen molar-refractivity contribution in [2.45, 2.75) is 18.9 Å². The van der Waals surface area contributed by atoms with Crippen molar-refractivity contribution in [3.05, 3.63) is 28.8 Å². The maximum atomic E-state index is 12.3. The lowest BCUT2D eigenvalue weighted by atomic mass is 10.1. The maximum absolute atomic E-state index is 12.3. The first kappa shape index (κ1) is 15.6. The number of carboxylic acids is 1. The van der Waals surface area contributed by atoms with E-state index in [1.165, 1.54) is 12.1 Å². The van der Waals surface area contributed by atoms with Gasteiger partial charge in [0.1, 0.15) is 5.56 Å². The van der Waals surface area contributed by atoms with Crippen molar-refractivity contribution < 1.29 is 14.7 Å². The van der Waals surface area contributed by atoms with E-state index in [-0.39, 0.29) is 28.3 Å². The van der Waals surface area contributed by atoms with Gasteiger partial charge < -0.3 is 20.6 Å². The van der Waals surface area contributed by atoms with Crippen molar-refractivity contribution in [1.29, 1.82) is 0 Å². The summed E-state index contributed by atoms with van der Waals surface area (Å²) < 4.78 is 0. The van der Waals surface area contributed by atoms with Crippen molar-refractivity contribution in [1.82, 2.24) is 10.2 Å². The molecule has 1 aliphatic rings. The molecule has 114 valence electrons. The van der Waals surface area contributed by atoms with Crippen LogP contribution in [0.15, 0.2) is 18.2 Å². The highest BCUT2D eigenvalue weighted by atomic mass is 35.5. The molecular formula is C14H18ClN3O3. The lowest BCUT2D eigenvalue weighted by Crippen LogP contribution is -2.45. The summed E-state index contributed by atoms with van der Waals surface area (Å²) in [5.74, 6) is -1.17. The molecule has 1 fully saturated rings. The van der Waals surface area contributed by atoms with Crippen LogP contribution in [0.1, 0.15) is 23.2 Å². The first-order valence-corrected chi connectivity index (χ1v) is 7.15. The highest BCUT2D eigenvalue weighted by Crippen LogP contribution is 2.25. The highest BCUT2D eigenvalue weighted by molar-refractivity contribution is 6.34. The predicted octanol–water partition coefficient (Wildman–Crippen LogP) is 2.25. The number of hydrogen-bond donors (Lipinski definition) is 3. The van der Waals surface area contributed by atoms with E-state index in [2.05, 4.69) is 10.6 Å². The molecule has 0 aliphatic carbocycles. The van der Waals surface area contributed by atoms with Crippen LogP contribution < -0.4 is 10.6 Å². The summed E-state index contributed by atoms with van der Waals surface area (Å²) in [4.78, 5) is 25.1. The molecule has 2 rings (SSSR count). The van der Waals surface area contributed by atoms with Crippen LogP contribution in [0.25, 0.3) is 0 Å². The third-order valence-electron chi connectivity index (χ3n) is 3.65. The van der Waals surface area contributed by atoms with Gasteiger partial charge in [-0.25, -0.2) is 9.59 Å². The lowest BCUT2D eigenvalue weighted by molar-refractivity contribution is 0.0698. The van der Waals surface area contributed by atoms with Crippen LogP contribution in [0.2, 0.25) is 5.02 Å². The molecule has 7 heteroatoms. The number of urea groups is 1. The van der Waals surface area contributed by atoms with Gasteiger partial charge in [0.25, 0.3) is 0 Å². The van der Waals surface area contributed by atoms with Crippen molar-refractivity contribution in [3.8, 4) is 0 Å². The molecule has 0 unspecified atom stereocenters. The molecule has 0 radical (unpaired) electrons. The van der Waals surface area contributed by atoms with Crippen molar-refractivity contribution >= 4 is 29.3 Å². The van der Waals surface area contributed by atoms with Gasteiger partial charge in [0.05, 0.1) is 10.7 Å². The summed E-state index contributed by atoms with van der Waals surface area (Å²) in [7, 11) is 1.72. The number of carbonyl (C=O) groups excluding carboxylic acids is 1. The predicted molar refractivity (Wildman–Crippen MR) is 81.1 cm³/mol. The third kappa shape index (κ3) is 3.65. The lowest BCUT2D eigenvalue weighted by Gasteiger charge is -2.31. The average molecular weight is 312 g/mol. The van der Waals surface area contributed by atoms with Gasteiger partial charge in [-0.3, -0.25) is 0 Å². The first-order valence-electron chi connectivity index (χ1n) is 6.77. The monoisotopic (exact) mass is 311 g/mol. The largest absolute Gasteiger partial charge is 0.478 e. The maximum Gasteiger partial charge on any atom is 0.339 e.